The van der Waals surface area contributed by atoms with Crippen LogP contribution in [0.3, 0.4) is 0 Å². The highest BCUT2D eigenvalue weighted by Crippen LogP contribution is 2.17. The van der Waals surface area contributed by atoms with E-state index in [1.807, 2.05) is 38.1 Å². The Morgan fingerprint density at radius 3 is 2.47 bits per heavy atom. The van der Waals surface area contributed by atoms with Gasteiger partial charge < -0.3 is 11.1 Å². The van der Waals surface area contributed by atoms with E-state index >= 15 is 0 Å². The topological polar surface area (TPSA) is 55.1 Å². The maximum absolute atomic E-state index is 11.9. The molecule has 2 atom stereocenters. The predicted octanol–water partition coefficient (Wildman–Crippen LogP) is 2.75. The molecular formula is C13H19BrN2O. The fourth-order valence-corrected chi connectivity index (χ4v) is 1.62. The average Bonchev–Trinajstić information content (AvgIpc) is 2.29. The summed E-state index contributed by atoms with van der Waals surface area (Å²) in [7, 11) is 0. The van der Waals surface area contributed by atoms with Crippen molar-refractivity contribution in [3.63, 3.8) is 0 Å². The number of rotatable bonds is 4. The van der Waals surface area contributed by atoms with Crippen molar-refractivity contribution in [1.29, 1.82) is 0 Å². The van der Waals surface area contributed by atoms with E-state index in [0.29, 0.717) is 6.42 Å². The number of carbonyl (C=O) groups is 1. The number of benzene rings is 1. The molecule has 1 amide bonds. The number of hydrogen-bond donors (Lipinski definition) is 2. The fraction of sp³-hybridized carbons (Fsp3) is 0.462. The molecule has 0 bridgehead atoms. The molecule has 0 aromatic heterocycles. The van der Waals surface area contributed by atoms with E-state index in [2.05, 4.69) is 21.2 Å². The van der Waals surface area contributed by atoms with Crippen molar-refractivity contribution in [2.75, 3.05) is 0 Å². The minimum Gasteiger partial charge on any atom is -0.348 e. The van der Waals surface area contributed by atoms with Crippen molar-refractivity contribution in [1.82, 2.24) is 5.32 Å². The largest absolute Gasteiger partial charge is 0.348 e. The number of hydrogen-bond acceptors (Lipinski definition) is 2. The Hall–Kier alpha value is -0.870. The normalized spacial score (nSPS) is 16.1. The van der Waals surface area contributed by atoms with Crippen molar-refractivity contribution in [2.45, 2.75) is 38.8 Å². The molecule has 17 heavy (non-hydrogen) atoms. The predicted molar refractivity (Wildman–Crippen MR) is 73.6 cm³/mol. The first-order valence-corrected chi connectivity index (χ1v) is 6.51. The van der Waals surface area contributed by atoms with Crippen LogP contribution in [0.2, 0.25) is 0 Å². The van der Waals surface area contributed by atoms with Crippen molar-refractivity contribution in [2.24, 2.45) is 5.73 Å². The summed E-state index contributed by atoms with van der Waals surface area (Å²) in [6.45, 7) is 5.60. The Labute approximate surface area is 111 Å². The standard InChI is InChI=1S/C13H19BrN2O/c1-4-13(3,15)12(17)16-9(2)10-5-7-11(14)8-6-10/h5-9H,4,15H2,1-3H3,(H,16,17). The summed E-state index contributed by atoms with van der Waals surface area (Å²) in [5.41, 5.74) is 6.15. The maximum Gasteiger partial charge on any atom is 0.240 e. The highest BCUT2D eigenvalue weighted by atomic mass is 79.9. The molecule has 1 aromatic rings. The number of halogens is 1. The summed E-state index contributed by atoms with van der Waals surface area (Å²) in [5, 5.41) is 2.93. The number of nitrogens with two attached hydrogens (primary N) is 1. The van der Waals surface area contributed by atoms with Gasteiger partial charge in [-0.2, -0.15) is 0 Å². The van der Waals surface area contributed by atoms with Crippen molar-refractivity contribution < 1.29 is 4.79 Å². The van der Waals surface area contributed by atoms with Crippen molar-refractivity contribution >= 4 is 21.8 Å². The monoisotopic (exact) mass is 298 g/mol. The second kappa shape index (κ2) is 5.65. The third kappa shape index (κ3) is 3.82. The molecular weight excluding hydrogens is 280 g/mol. The molecule has 1 rings (SSSR count). The molecule has 4 heteroatoms. The van der Waals surface area contributed by atoms with Crippen LogP contribution >= 0.6 is 15.9 Å². The lowest BCUT2D eigenvalue weighted by Gasteiger charge is -2.24. The van der Waals surface area contributed by atoms with Crippen LogP contribution in [0.4, 0.5) is 0 Å². The van der Waals surface area contributed by atoms with Gasteiger partial charge in [-0.25, -0.2) is 0 Å². The van der Waals surface area contributed by atoms with Crippen LogP contribution < -0.4 is 11.1 Å². The Morgan fingerprint density at radius 1 is 1.47 bits per heavy atom. The lowest BCUT2D eigenvalue weighted by Crippen LogP contribution is -2.51. The van der Waals surface area contributed by atoms with Crippen LogP contribution in [0.15, 0.2) is 28.7 Å². The maximum atomic E-state index is 11.9. The third-order valence-electron chi connectivity index (χ3n) is 2.97. The smallest absolute Gasteiger partial charge is 0.240 e. The SMILES string of the molecule is CCC(C)(N)C(=O)NC(C)c1ccc(Br)cc1. The van der Waals surface area contributed by atoms with Crippen molar-refractivity contribution in [3.05, 3.63) is 34.3 Å². The summed E-state index contributed by atoms with van der Waals surface area (Å²) < 4.78 is 1.02. The Balaban J connectivity index is 2.70. The lowest BCUT2D eigenvalue weighted by molar-refractivity contribution is -0.126. The average molecular weight is 299 g/mol. The molecule has 94 valence electrons. The Kier molecular flexibility index (Phi) is 4.71. The molecule has 3 nitrogen and oxygen atoms in total. The van der Waals surface area contributed by atoms with Gasteiger partial charge in [-0.15, -0.1) is 0 Å². The molecule has 0 saturated heterocycles. The first-order chi connectivity index (χ1) is 7.86. The molecule has 0 aliphatic rings. The first kappa shape index (κ1) is 14.2. The van der Waals surface area contributed by atoms with Crippen LogP contribution in [0.1, 0.15) is 38.8 Å². The van der Waals surface area contributed by atoms with E-state index < -0.39 is 5.54 Å². The molecule has 0 radical (unpaired) electrons. The molecule has 2 unspecified atom stereocenters. The zero-order chi connectivity index (χ0) is 13.1. The molecule has 0 heterocycles. The molecule has 0 fully saturated rings. The molecule has 0 saturated carbocycles. The molecule has 0 spiro atoms. The summed E-state index contributed by atoms with van der Waals surface area (Å²) in [6.07, 6.45) is 0.617. The van der Waals surface area contributed by atoms with Gasteiger partial charge in [-0.05, 0) is 38.0 Å². The minimum atomic E-state index is -0.802. The van der Waals surface area contributed by atoms with Crippen LogP contribution in [-0.4, -0.2) is 11.4 Å². The van der Waals surface area contributed by atoms with Gasteiger partial charge in [-0.1, -0.05) is 35.0 Å². The van der Waals surface area contributed by atoms with E-state index in [1.54, 1.807) is 6.92 Å². The van der Waals surface area contributed by atoms with Crippen LogP contribution in [0.5, 0.6) is 0 Å². The summed E-state index contributed by atoms with van der Waals surface area (Å²) in [4.78, 5) is 11.9. The van der Waals surface area contributed by atoms with Crippen LogP contribution in [0, 0.1) is 0 Å². The molecule has 3 N–H and O–H groups in total. The van der Waals surface area contributed by atoms with E-state index in [9.17, 15) is 4.79 Å². The molecule has 1 aromatic carbocycles. The second-order valence-electron chi connectivity index (χ2n) is 4.52. The van der Waals surface area contributed by atoms with Crippen molar-refractivity contribution in [3.8, 4) is 0 Å². The van der Waals surface area contributed by atoms with Gasteiger partial charge in [-0.3, -0.25) is 4.79 Å². The van der Waals surface area contributed by atoms with Gasteiger partial charge in [0.1, 0.15) is 0 Å². The summed E-state index contributed by atoms with van der Waals surface area (Å²) in [6, 6.07) is 7.84. The molecule has 0 aliphatic heterocycles. The highest BCUT2D eigenvalue weighted by Gasteiger charge is 2.27. The molecule has 0 aliphatic carbocycles. The zero-order valence-electron chi connectivity index (χ0n) is 10.5. The number of amides is 1. The number of carbonyl (C=O) groups excluding carboxylic acids is 1. The van der Waals surface area contributed by atoms with Gasteiger partial charge in [0.25, 0.3) is 0 Å². The minimum absolute atomic E-state index is 0.0370. The van der Waals surface area contributed by atoms with Crippen LogP contribution in [0.25, 0.3) is 0 Å². The zero-order valence-corrected chi connectivity index (χ0v) is 12.0. The van der Waals surface area contributed by atoms with Gasteiger partial charge in [0.05, 0.1) is 11.6 Å². The quantitative estimate of drug-likeness (QED) is 0.898. The lowest BCUT2D eigenvalue weighted by atomic mass is 9.98. The van der Waals surface area contributed by atoms with Gasteiger partial charge >= 0.3 is 0 Å². The van der Waals surface area contributed by atoms with Crippen LogP contribution in [-0.2, 0) is 4.79 Å². The third-order valence-corrected chi connectivity index (χ3v) is 3.50. The van der Waals surface area contributed by atoms with E-state index in [-0.39, 0.29) is 11.9 Å². The Bertz CT molecular complexity index is 387. The Morgan fingerprint density at radius 2 is 2.00 bits per heavy atom. The van der Waals surface area contributed by atoms with Gasteiger partial charge in [0.15, 0.2) is 0 Å². The van der Waals surface area contributed by atoms with E-state index in [0.717, 1.165) is 10.0 Å². The van der Waals surface area contributed by atoms with Gasteiger partial charge in [0, 0.05) is 4.47 Å². The van der Waals surface area contributed by atoms with E-state index in [4.69, 9.17) is 5.73 Å². The highest BCUT2D eigenvalue weighted by molar-refractivity contribution is 9.10. The fourth-order valence-electron chi connectivity index (χ4n) is 1.36. The second-order valence-corrected chi connectivity index (χ2v) is 5.43. The number of nitrogens with one attached hydrogen (secondary N) is 1. The summed E-state index contributed by atoms with van der Waals surface area (Å²) >= 11 is 3.38. The van der Waals surface area contributed by atoms with Gasteiger partial charge in [0.2, 0.25) is 5.91 Å². The first-order valence-electron chi connectivity index (χ1n) is 5.72. The van der Waals surface area contributed by atoms with E-state index in [1.165, 1.54) is 0 Å². The summed E-state index contributed by atoms with van der Waals surface area (Å²) in [5.74, 6) is -0.115.